The van der Waals surface area contributed by atoms with Crippen LogP contribution in [0, 0.1) is 11.3 Å². The first-order valence-electron chi connectivity index (χ1n) is 5.24. The Morgan fingerprint density at radius 2 is 2.29 bits per heavy atom. The molecule has 1 aromatic rings. The minimum absolute atomic E-state index is 0.400. The lowest BCUT2D eigenvalue weighted by atomic mass is 10.1. The lowest BCUT2D eigenvalue weighted by molar-refractivity contribution is -0.140. The van der Waals surface area contributed by atoms with Crippen LogP contribution in [-0.2, 0) is 11.3 Å². The topological polar surface area (TPSA) is 73.1 Å². The molecule has 5 heteroatoms. The normalized spacial score (nSPS) is 16.2. The molecule has 0 radical (unpaired) electrons. The molecule has 1 aromatic carbocycles. The van der Waals surface area contributed by atoms with Gasteiger partial charge >= 0.3 is 5.97 Å². The zero-order chi connectivity index (χ0) is 12.5. The van der Waals surface area contributed by atoms with Crippen molar-refractivity contribution in [3.05, 3.63) is 34.3 Å². The number of nitrogens with one attached hydrogen (secondary N) is 1. The van der Waals surface area contributed by atoms with Crippen molar-refractivity contribution in [2.24, 2.45) is 0 Å². The number of hydrogen-bond acceptors (Lipinski definition) is 3. The summed E-state index contributed by atoms with van der Waals surface area (Å²) in [5, 5.41) is 21.2. The number of carboxylic acid groups (broad SMARTS) is 1. The van der Waals surface area contributed by atoms with Gasteiger partial charge in [-0.15, -0.1) is 0 Å². The van der Waals surface area contributed by atoms with Crippen LogP contribution >= 0.6 is 11.6 Å². The molecule has 1 aliphatic carbocycles. The van der Waals surface area contributed by atoms with Crippen LogP contribution in [0.2, 0.25) is 5.02 Å². The van der Waals surface area contributed by atoms with Gasteiger partial charge in [0.2, 0.25) is 0 Å². The van der Waals surface area contributed by atoms with Gasteiger partial charge in [-0.2, -0.15) is 5.26 Å². The van der Waals surface area contributed by atoms with E-state index in [0.717, 1.165) is 5.56 Å². The fraction of sp³-hybridized carbons (Fsp3) is 0.333. The van der Waals surface area contributed by atoms with Gasteiger partial charge in [0, 0.05) is 11.6 Å². The maximum Gasteiger partial charge on any atom is 0.323 e. The van der Waals surface area contributed by atoms with E-state index in [9.17, 15) is 4.79 Å². The lowest BCUT2D eigenvalue weighted by Gasteiger charge is -2.13. The fourth-order valence-electron chi connectivity index (χ4n) is 1.62. The first-order valence-corrected chi connectivity index (χ1v) is 5.62. The predicted molar refractivity (Wildman–Crippen MR) is 62.6 cm³/mol. The van der Waals surface area contributed by atoms with E-state index in [0.29, 0.717) is 30.0 Å². The lowest BCUT2D eigenvalue weighted by Crippen LogP contribution is -2.38. The predicted octanol–water partition coefficient (Wildman–Crippen LogP) is 1.92. The Balaban J connectivity index is 2.05. The molecule has 1 fully saturated rings. The average Bonchev–Trinajstić information content (AvgIpc) is 3.08. The molecule has 0 heterocycles. The van der Waals surface area contributed by atoms with Gasteiger partial charge in [0.05, 0.1) is 11.6 Å². The number of carboxylic acids is 1. The highest BCUT2D eigenvalue weighted by Crippen LogP contribution is 2.36. The summed E-state index contributed by atoms with van der Waals surface area (Å²) in [6.07, 6.45) is 1.30. The largest absolute Gasteiger partial charge is 0.480 e. The van der Waals surface area contributed by atoms with Crippen molar-refractivity contribution in [2.75, 3.05) is 0 Å². The van der Waals surface area contributed by atoms with Crippen molar-refractivity contribution in [1.29, 1.82) is 5.26 Å². The van der Waals surface area contributed by atoms with Crippen molar-refractivity contribution in [2.45, 2.75) is 24.9 Å². The number of nitriles is 1. The van der Waals surface area contributed by atoms with Crippen LogP contribution in [-0.4, -0.2) is 16.6 Å². The molecule has 4 nitrogen and oxygen atoms in total. The maximum absolute atomic E-state index is 11.0. The summed E-state index contributed by atoms with van der Waals surface area (Å²) in [4.78, 5) is 11.0. The highest BCUT2D eigenvalue weighted by Gasteiger charge is 2.49. The maximum atomic E-state index is 11.0. The second-order valence-electron chi connectivity index (χ2n) is 4.16. The third kappa shape index (κ3) is 2.41. The summed E-state index contributed by atoms with van der Waals surface area (Å²) in [7, 11) is 0. The number of halogens is 1. The van der Waals surface area contributed by atoms with Gasteiger partial charge in [0.1, 0.15) is 5.54 Å². The Morgan fingerprint density at radius 3 is 2.76 bits per heavy atom. The molecular weight excluding hydrogens is 240 g/mol. The standard InChI is InChI=1S/C12H11ClN2O2/c13-10-5-8(6-14)1-2-9(10)7-15-12(3-4-12)11(16)17/h1-2,5,15H,3-4,7H2,(H,16,17). The van der Waals surface area contributed by atoms with Crippen LogP contribution in [0.1, 0.15) is 24.0 Å². The molecule has 2 N–H and O–H groups in total. The van der Waals surface area contributed by atoms with Crippen LogP contribution in [0.15, 0.2) is 18.2 Å². The van der Waals surface area contributed by atoms with Gasteiger partial charge in [-0.25, -0.2) is 0 Å². The van der Waals surface area contributed by atoms with Gasteiger partial charge in [0.25, 0.3) is 0 Å². The summed E-state index contributed by atoms with van der Waals surface area (Å²) in [5.41, 5.74) is 0.536. The number of rotatable bonds is 4. The summed E-state index contributed by atoms with van der Waals surface area (Å²) >= 11 is 6.00. The monoisotopic (exact) mass is 250 g/mol. The summed E-state index contributed by atoms with van der Waals surface area (Å²) in [6, 6.07) is 6.99. The molecule has 2 rings (SSSR count). The number of benzene rings is 1. The van der Waals surface area contributed by atoms with Crippen LogP contribution in [0.5, 0.6) is 0 Å². The Hall–Kier alpha value is -1.57. The molecule has 0 aromatic heterocycles. The Morgan fingerprint density at radius 1 is 1.59 bits per heavy atom. The Labute approximate surface area is 104 Å². The Bertz CT molecular complexity index is 504. The van der Waals surface area contributed by atoms with Crippen molar-refractivity contribution >= 4 is 17.6 Å². The average molecular weight is 251 g/mol. The molecule has 0 aliphatic heterocycles. The van der Waals surface area contributed by atoms with Crippen LogP contribution < -0.4 is 5.32 Å². The summed E-state index contributed by atoms with van der Waals surface area (Å²) in [6.45, 7) is 0.400. The fourth-order valence-corrected chi connectivity index (χ4v) is 1.86. The van der Waals surface area contributed by atoms with Crippen LogP contribution in [0.3, 0.4) is 0 Å². The molecule has 0 unspecified atom stereocenters. The molecule has 1 aliphatic rings. The van der Waals surface area contributed by atoms with Crippen molar-refractivity contribution < 1.29 is 9.90 Å². The van der Waals surface area contributed by atoms with Gasteiger partial charge in [-0.05, 0) is 30.5 Å². The molecule has 0 amide bonds. The van der Waals surface area contributed by atoms with E-state index in [2.05, 4.69) is 5.32 Å². The first-order chi connectivity index (χ1) is 8.07. The molecule has 0 bridgehead atoms. The van der Waals surface area contributed by atoms with Gasteiger partial charge in [-0.1, -0.05) is 17.7 Å². The summed E-state index contributed by atoms with van der Waals surface area (Å²) < 4.78 is 0. The van der Waals surface area contributed by atoms with Crippen LogP contribution in [0.4, 0.5) is 0 Å². The van der Waals surface area contributed by atoms with Crippen molar-refractivity contribution in [1.82, 2.24) is 5.32 Å². The van der Waals surface area contributed by atoms with E-state index in [4.69, 9.17) is 22.0 Å². The molecule has 17 heavy (non-hydrogen) atoms. The molecule has 88 valence electrons. The van der Waals surface area contributed by atoms with E-state index in [1.54, 1.807) is 18.2 Å². The highest BCUT2D eigenvalue weighted by molar-refractivity contribution is 6.31. The smallest absolute Gasteiger partial charge is 0.323 e. The van der Waals surface area contributed by atoms with Crippen molar-refractivity contribution in [3.63, 3.8) is 0 Å². The van der Waals surface area contributed by atoms with E-state index in [-0.39, 0.29) is 0 Å². The second kappa shape index (κ2) is 4.36. The number of nitrogens with zero attached hydrogens (tertiary/aromatic N) is 1. The quantitative estimate of drug-likeness (QED) is 0.856. The third-order valence-corrected chi connectivity index (χ3v) is 3.31. The summed E-state index contributed by atoms with van der Waals surface area (Å²) in [5.74, 6) is -0.817. The van der Waals surface area contributed by atoms with Gasteiger partial charge in [0.15, 0.2) is 0 Å². The molecule has 1 saturated carbocycles. The van der Waals surface area contributed by atoms with E-state index in [1.165, 1.54) is 0 Å². The molecule has 0 saturated heterocycles. The molecular formula is C12H11ClN2O2. The van der Waals surface area contributed by atoms with Gasteiger partial charge in [-0.3, -0.25) is 10.1 Å². The zero-order valence-electron chi connectivity index (χ0n) is 9.03. The SMILES string of the molecule is N#Cc1ccc(CNC2(C(=O)O)CC2)c(Cl)c1. The molecule has 0 atom stereocenters. The zero-order valence-corrected chi connectivity index (χ0v) is 9.79. The van der Waals surface area contributed by atoms with E-state index < -0.39 is 11.5 Å². The highest BCUT2D eigenvalue weighted by atomic mass is 35.5. The third-order valence-electron chi connectivity index (χ3n) is 2.96. The number of aliphatic carboxylic acids is 1. The van der Waals surface area contributed by atoms with E-state index in [1.807, 2.05) is 6.07 Å². The van der Waals surface area contributed by atoms with Crippen LogP contribution in [0.25, 0.3) is 0 Å². The number of hydrogen-bond donors (Lipinski definition) is 2. The molecule has 0 spiro atoms. The number of carbonyl (C=O) groups is 1. The first kappa shape index (κ1) is 11.9. The van der Waals surface area contributed by atoms with Gasteiger partial charge < -0.3 is 5.11 Å². The second-order valence-corrected chi connectivity index (χ2v) is 4.57. The van der Waals surface area contributed by atoms with Crippen molar-refractivity contribution in [3.8, 4) is 6.07 Å². The van der Waals surface area contributed by atoms with E-state index >= 15 is 0 Å². The minimum Gasteiger partial charge on any atom is -0.480 e. The Kier molecular flexibility index (Phi) is 3.05. The minimum atomic E-state index is -0.817.